The van der Waals surface area contributed by atoms with Crippen molar-refractivity contribution < 1.29 is 23.3 Å². The first-order valence-corrected chi connectivity index (χ1v) is 20.7. The Morgan fingerprint density at radius 1 is 0.700 bits per heavy atom. The summed E-state index contributed by atoms with van der Waals surface area (Å²) in [5.74, 6) is 1.22. The van der Waals surface area contributed by atoms with E-state index < -0.39 is 48.8 Å². The van der Waals surface area contributed by atoms with Crippen molar-refractivity contribution in [2.24, 2.45) is 0 Å². The van der Waals surface area contributed by atoms with Crippen LogP contribution in [-0.4, -0.2) is 68.9 Å². The molecule has 3 atom stereocenters. The Morgan fingerprint density at radius 2 is 1.15 bits per heavy atom. The molecule has 0 aliphatic rings. The van der Waals surface area contributed by atoms with Gasteiger partial charge in [0.2, 0.25) is 0 Å². The molecule has 60 heavy (non-hydrogen) atoms. The summed E-state index contributed by atoms with van der Waals surface area (Å²) >= 11 is 0. The van der Waals surface area contributed by atoms with Gasteiger partial charge < -0.3 is 23.3 Å². The minimum atomic E-state index is -1.98. The van der Waals surface area contributed by atoms with E-state index in [1.54, 1.807) is 28.1 Å². The number of aromatic nitrogens is 4. The average Bonchev–Trinajstić information content (AvgIpc) is 3.23. The first-order valence-electron chi connectivity index (χ1n) is 19.6. The molecule has 0 saturated heterocycles. The Morgan fingerprint density at radius 3 is 1.58 bits per heavy atom. The number of rotatable bonds is 20. The van der Waals surface area contributed by atoms with Gasteiger partial charge in [-0.15, -0.1) is 0 Å². The predicted molar refractivity (Wildman–Crippen MR) is 229 cm³/mol. The fourth-order valence-corrected chi connectivity index (χ4v) is 8.75. The minimum Gasteiger partial charge on any atom is -0.497 e. The number of nitrogens with zero attached hydrogens (tertiary/aromatic N) is 4. The van der Waals surface area contributed by atoms with Crippen molar-refractivity contribution in [2.45, 2.75) is 90.9 Å². The van der Waals surface area contributed by atoms with E-state index in [-0.39, 0.29) is 49.3 Å². The first-order chi connectivity index (χ1) is 28.7. The molecule has 0 saturated carbocycles. The van der Waals surface area contributed by atoms with E-state index >= 15 is 0 Å². The van der Waals surface area contributed by atoms with Crippen molar-refractivity contribution in [3.8, 4) is 17.6 Å². The molecule has 2 heterocycles. The van der Waals surface area contributed by atoms with Crippen molar-refractivity contribution in [1.29, 1.82) is 5.26 Å². The zero-order valence-corrected chi connectivity index (χ0v) is 36.1. The number of nitriles is 1. The third kappa shape index (κ3) is 10.6. The molecule has 2 aromatic heterocycles. The zero-order valence-electron chi connectivity index (χ0n) is 35.2. The number of hydrogen-bond donors (Lipinski definition) is 2. The Balaban J connectivity index is 1.86. The van der Waals surface area contributed by atoms with Crippen molar-refractivity contribution in [2.75, 3.05) is 20.8 Å². The number of hydrogen-bond acceptors (Lipinski definition) is 11. The third-order valence-electron chi connectivity index (χ3n) is 9.94. The molecule has 2 N–H and O–H groups in total. The van der Waals surface area contributed by atoms with E-state index in [0.29, 0.717) is 28.2 Å². The predicted octanol–water partition coefficient (Wildman–Crippen LogP) is 5.76. The Kier molecular flexibility index (Phi) is 15.6. The van der Waals surface area contributed by atoms with Gasteiger partial charge in [-0.25, -0.2) is 14.3 Å². The fourth-order valence-electron chi connectivity index (χ4n) is 7.01. The van der Waals surface area contributed by atoms with Crippen molar-refractivity contribution >= 4 is 8.53 Å². The zero-order chi connectivity index (χ0) is 43.6. The van der Waals surface area contributed by atoms with Crippen LogP contribution in [-0.2, 0) is 32.5 Å². The second kappa shape index (κ2) is 20.6. The first kappa shape index (κ1) is 45.5. The van der Waals surface area contributed by atoms with Crippen LogP contribution in [0.5, 0.6) is 11.5 Å². The van der Waals surface area contributed by atoms with E-state index in [1.165, 1.54) is 21.5 Å². The molecule has 0 aliphatic heterocycles. The molecule has 1 unspecified atom stereocenters. The summed E-state index contributed by atoms with van der Waals surface area (Å²) in [4.78, 5) is 57.3. The number of benzene rings is 3. The minimum absolute atomic E-state index is 0.0539. The molecule has 0 amide bonds. The van der Waals surface area contributed by atoms with E-state index in [0.717, 1.165) is 0 Å². The van der Waals surface area contributed by atoms with Crippen LogP contribution in [0.4, 0.5) is 0 Å². The van der Waals surface area contributed by atoms with Gasteiger partial charge in [0.25, 0.3) is 19.6 Å². The quantitative estimate of drug-likeness (QED) is 0.0552. The van der Waals surface area contributed by atoms with Crippen LogP contribution in [0.3, 0.4) is 0 Å². The number of ether oxygens (including phenoxy) is 3. The number of methoxy groups -OCH3 is 2. The Labute approximate surface area is 350 Å². The summed E-state index contributed by atoms with van der Waals surface area (Å²) in [6, 6.07) is 26.4. The van der Waals surface area contributed by atoms with Crippen LogP contribution in [0.1, 0.15) is 61.9 Å². The second-order valence-electron chi connectivity index (χ2n) is 14.8. The van der Waals surface area contributed by atoms with E-state index in [2.05, 4.69) is 16.0 Å². The van der Waals surface area contributed by atoms with E-state index in [4.69, 9.17) is 23.3 Å². The lowest BCUT2D eigenvalue weighted by atomic mass is 9.79. The van der Waals surface area contributed by atoms with Gasteiger partial charge in [0, 0.05) is 35.6 Å². The lowest BCUT2D eigenvalue weighted by molar-refractivity contribution is -0.108. The second-order valence-corrected chi connectivity index (χ2v) is 16.2. The van der Waals surface area contributed by atoms with Gasteiger partial charge in [0.05, 0.1) is 46.4 Å². The highest BCUT2D eigenvalue weighted by Crippen LogP contribution is 2.49. The van der Waals surface area contributed by atoms with Gasteiger partial charge >= 0.3 is 11.4 Å². The number of H-pyrrole nitrogens is 2. The maximum Gasteiger partial charge on any atom is 0.328 e. The number of aryl methyl sites for hydroxylation is 2. The van der Waals surface area contributed by atoms with Crippen molar-refractivity contribution in [3.63, 3.8) is 0 Å². The van der Waals surface area contributed by atoms with Gasteiger partial charge in [0.1, 0.15) is 29.3 Å². The monoisotopic (exact) mass is 840 g/mol. The summed E-state index contributed by atoms with van der Waals surface area (Å²) < 4.78 is 37.0. The van der Waals surface area contributed by atoms with Gasteiger partial charge in [-0.3, -0.25) is 28.7 Å². The smallest absolute Gasteiger partial charge is 0.328 e. The summed E-state index contributed by atoms with van der Waals surface area (Å²) in [5, 5.41) is 9.49. The van der Waals surface area contributed by atoms with Crippen LogP contribution in [0.25, 0.3) is 0 Å². The molecule has 0 radical (unpaired) electrons. The molecule has 318 valence electrons. The molecule has 0 spiro atoms. The average molecular weight is 841 g/mol. The Bertz CT molecular complexity index is 2400. The number of nitrogens with one attached hydrogen (secondary N) is 2. The molecule has 0 bridgehead atoms. The van der Waals surface area contributed by atoms with Crippen molar-refractivity contribution in [3.05, 3.63) is 161 Å². The normalized spacial score (nSPS) is 13.3. The molecule has 0 aliphatic carbocycles. The highest BCUT2D eigenvalue weighted by atomic mass is 31.2. The van der Waals surface area contributed by atoms with Crippen LogP contribution >= 0.6 is 8.53 Å². The summed E-state index contributed by atoms with van der Waals surface area (Å²) in [7, 11) is 1.18. The van der Waals surface area contributed by atoms with Gasteiger partial charge in [-0.1, -0.05) is 54.6 Å². The summed E-state index contributed by atoms with van der Waals surface area (Å²) in [6.45, 7) is 10.9. The van der Waals surface area contributed by atoms with Gasteiger partial charge in [-0.05, 0) is 82.5 Å². The number of aromatic amines is 2. The molecule has 0 fully saturated rings. The van der Waals surface area contributed by atoms with Crippen LogP contribution in [0.2, 0.25) is 0 Å². The molecular weight excluding hydrogens is 787 g/mol. The molecular formula is C44H53N6O9P. The molecule has 3 aromatic carbocycles. The molecule has 5 aromatic rings. The molecule has 16 heteroatoms. The summed E-state index contributed by atoms with van der Waals surface area (Å²) in [5.41, 5.74) is -1.24. The van der Waals surface area contributed by atoms with E-state index in [9.17, 15) is 24.4 Å². The molecule has 15 nitrogen and oxygen atoms in total. The lowest BCUT2D eigenvalue weighted by Crippen LogP contribution is -2.49. The molecule has 5 rings (SSSR count). The maximum absolute atomic E-state index is 13.7. The lowest BCUT2D eigenvalue weighted by Gasteiger charge is -2.43. The Hall–Kier alpha value is -5.62. The van der Waals surface area contributed by atoms with Crippen molar-refractivity contribution in [1.82, 2.24) is 23.8 Å². The highest BCUT2D eigenvalue weighted by Gasteiger charge is 2.44. The third-order valence-corrected chi connectivity index (χ3v) is 12.1. The maximum atomic E-state index is 13.7. The van der Waals surface area contributed by atoms with Crippen LogP contribution < -0.4 is 32.0 Å². The SMILES string of the molecule is COc1ccc(C(O[C@@H](Cn2cc(C)c(=O)[nH]c2=O)[C@@H](Cn2cc(C)c(=O)[nH]c2=O)OP(OCCC#N)N(C(C)C)C(C)C)(c2ccccc2)c2ccc(OC)cc2)cc1. The fraction of sp³-hybridized carbons (Fsp3) is 0.386. The largest absolute Gasteiger partial charge is 0.497 e. The van der Waals surface area contributed by atoms with E-state index in [1.807, 2.05) is 111 Å². The standard InChI is InChI=1S/C44H53N6O9P/c1-29(2)50(30(3)4)60(57-24-12-23-45)59-39(28-49-26-32(6)41(52)47-43(49)54)38(27-48-25-31(5)40(51)46-42(48)53)58-44(33-13-10-9-11-14-33,34-15-19-36(55-7)20-16-34)35-17-21-37(56-8)22-18-35/h9-11,13-22,25-26,29-30,38-39H,12,24,27-28H2,1-8H3,(H,46,51,53)(H,47,52,54)/t38-,39+,60?/m0/s1. The van der Waals surface area contributed by atoms with Crippen LogP contribution in [0, 0.1) is 25.2 Å². The highest BCUT2D eigenvalue weighted by molar-refractivity contribution is 7.44. The topological polar surface area (TPSA) is 183 Å². The van der Waals surface area contributed by atoms with Gasteiger partial charge in [-0.2, -0.15) is 5.26 Å². The van der Waals surface area contributed by atoms with Crippen LogP contribution in [0.15, 0.2) is 110 Å². The van der Waals surface area contributed by atoms with Gasteiger partial charge in [0.15, 0.2) is 0 Å². The summed E-state index contributed by atoms with van der Waals surface area (Å²) in [6.07, 6.45) is 0.746.